The van der Waals surface area contributed by atoms with Gasteiger partial charge in [0.05, 0.1) is 0 Å². The number of rotatable bonds is 3. The van der Waals surface area contributed by atoms with Gasteiger partial charge < -0.3 is 4.90 Å². The molecule has 2 heterocycles. The fraction of sp³-hybridized carbons (Fsp3) is 0.438. The molecule has 2 saturated heterocycles. The lowest BCUT2D eigenvalue weighted by atomic mass is 10.2. The Morgan fingerprint density at radius 1 is 1.14 bits per heavy atom. The molecule has 2 aliphatic rings. The maximum Gasteiger partial charge on any atom is 0.332 e. The summed E-state index contributed by atoms with van der Waals surface area (Å²) in [5.41, 5.74) is 0.671. The summed E-state index contributed by atoms with van der Waals surface area (Å²) < 4.78 is 0. The van der Waals surface area contributed by atoms with Crippen molar-refractivity contribution in [3.8, 4) is 0 Å². The fourth-order valence-corrected chi connectivity index (χ4v) is 3.00. The van der Waals surface area contributed by atoms with Crippen molar-refractivity contribution in [3.05, 3.63) is 30.3 Å². The smallest absolute Gasteiger partial charge is 0.332 e. The van der Waals surface area contributed by atoms with Gasteiger partial charge in [-0.1, -0.05) is 18.2 Å². The zero-order valence-electron chi connectivity index (χ0n) is 12.6. The number of hydrogen-bond donors (Lipinski definition) is 0. The molecular formula is C16H19N3O3. The lowest BCUT2D eigenvalue weighted by Crippen LogP contribution is -2.42. The molecule has 0 spiro atoms. The van der Waals surface area contributed by atoms with E-state index >= 15 is 0 Å². The van der Waals surface area contributed by atoms with E-state index in [1.807, 2.05) is 18.2 Å². The molecule has 1 aromatic rings. The number of anilines is 1. The lowest BCUT2D eigenvalue weighted by Gasteiger charge is -2.20. The van der Waals surface area contributed by atoms with Crippen LogP contribution in [0.5, 0.6) is 0 Å². The number of amides is 4. The summed E-state index contributed by atoms with van der Waals surface area (Å²) in [4.78, 5) is 41.3. The summed E-state index contributed by atoms with van der Waals surface area (Å²) in [5.74, 6) is -0.470. The Morgan fingerprint density at radius 3 is 2.41 bits per heavy atom. The lowest BCUT2D eigenvalue weighted by molar-refractivity contribution is -0.136. The van der Waals surface area contributed by atoms with Crippen molar-refractivity contribution in [2.45, 2.75) is 25.8 Å². The summed E-state index contributed by atoms with van der Waals surface area (Å²) >= 11 is 0. The molecule has 2 aliphatic heterocycles. The third kappa shape index (κ3) is 2.45. The summed E-state index contributed by atoms with van der Waals surface area (Å²) in [6.45, 7) is 2.96. The van der Waals surface area contributed by atoms with Gasteiger partial charge in [0.25, 0.3) is 5.91 Å². The molecule has 22 heavy (non-hydrogen) atoms. The Labute approximate surface area is 129 Å². The largest absolute Gasteiger partial charge is 0.341 e. The van der Waals surface area contributed by atoms with Gasteiger partial charge in [0.2, 0.25) is 5.91 Å². The van der Waals surface area contributed by atoms with Crippen LogP contribution < -0.4 is 4.90 Å². The van der Waals surface area contributed by atoms with Gasteiger partial charge >= 0.3 is 6.03 Å². The van der Waals surface area contributed by atoms with Gasteiger partial charge in [-0.25, -0.2) is 4.79 Å². The number of benzene rings is 1. The van der Waals surface area contributed by atoms with E-state index in [2.05, 4.69) is 0 Å². The predicted octanol–water partition coefficient (Wildman–Crippen LogP) is 1.47. The van der Waals surface area contributed by atoms with Crippen LogP contribution in [0.4, 0.5) is 10.5 Å². The van der Waals surface area contributed by atoms with Crippen LogP contribution in [0.25, 0.3) is 0 Å². The van der Waals surface area contributed by atoms with Crippen molar-refractivity contribution in [3.63, 3.8) is 0 Å². The zero-order chi connectivity index (χ0) is 15.7. The van der Waals surface area contributed by atoms with Crippen molar-refractivity contribution < 1.29 is 14.4 Å². The van der Waals surface area contributed by atoms with Crippen LogP contribution in [0.15, 0.2) is 30.3 Å². The van der Waals surface area contributed by atoms with E-state index in [1.165, 1.54) is 4.90 Å². The normalized spacial score (nSPS) is 21.9. The minimum atomic E-state index is -0.582. The Kier molecular flexibility index (Phi) is 3.83. The maximum atomic E-state index is 12.5. The molecule has 2 fully saturated rings. The highest BCUT2D eigenvalue weighted by Gasteiger charge is 2.44. The molecule has 3 rings (SSSR count). The fourth-order valence-electron chi connectivity index (χ4n) is 3.00. The van der Waals surface area contributed by atoms with Crippen LogP contribution in [0.3, 0.4) is 0 Å². The molecule has 1 aromatic carbocycles. The Morgan fingerprint density at radius 2 is 1.77 bits per heavy atom. The second-order valence-corrected chi connectivity index (χ2v) is 5.68. The highest BCUT2D eigenvalue weighted by atomic mass is 16.2. The minimum absolute atomic E-state index is 0.152. The Balaban J connectivity index is 1.77. The molecule has 0 saturated carbocycles. The first-order valence-electron chi connectivity index (χ1n) is 7.57. The SMILES string of the molecule is C[C@H]1C(=O)N(CC(=O)N2CCCC2)C(=O)N1c1ccccc1. The molecule has 0 aromatic heterocycles. The number of urea groups is 1. The van der Waals surface area contributed by atoms with Crippen molar-refractivity contribution in [2.75, 3.05) is 24.5 Å². The third-order valence-corrected chi connectivity index (χ3v) is 4.23. The molecule has 6 heteroatoms. The molecule has 0 N–H and O–H groups in total. The van der Waals surface area contributed by atoms with Crippen LogP contribution in [-0.2, 0) is 9.59 Å². The Hall–Kier alpha value is -2.37. The van der Waals surface area contributed by atoms with E-state index in [9.17, 15) is 14.4 Å². The summed E-state index contributed by atoms with van der Waals surface area (Å²) in [6.07, 6.45) is 1.97. The molecule has 4 amide bonds. The van der Waals surface area contributed by atoms with E-state index < -0.39 is 12.1 Å². The van der Waals surface area contributed by atoms with Gasteiger partial charge in [0, 0.05) is 18.8 Å². The minimum Gasteiger partial charge on any atom is -0.341 e. The van der Waals surface area contributed by atoms with E-state index in [0.717, 1.165) is 17.7 Å². The van der Waals surface area contributed by atoms with Gasteiger partial charge in [0.15, 0.2) is 0 Å². The van der Waals surface area contributed by atoms with Gasteiger partial charge in [-0.15, -0.1) is 0 Å². The highest BCUT2D eigenvalue weighted by Crippen LogP contribution is 2.25. The van der Waals surface area contributed by atoms with Crippen molar-refractivity contribution in [1.29, 1.82) is 0 Å². The third-order valence-electron chi connectivity index (χ3n) is 4.23. The number of nitrogens with zero attached hydrogens (tertiary/aromatic N) is 3. The van der Waals surface area contributed by atoms with Gasteiger partial charge in [-0.3, -0.25) is 19.4 Å². The molecule has 6 nitrogen and oxygen atoms in total. The quantitative estimate of drug-likeness (QED) is 0.794. The van der Waals surface area contributed by atoms with Crippen LogP contribution in [0, 0.1) is 0 Å². The van der Waals surface area contributed by atoms with Crippen LogP contribution in [-0.4, -0.2) is 53.3 Å². The van der Waals surface area contributed by atoms with Gasteiger partial charge in [-0.2, -0.15) is 0 Å². The number of imide groups is 1. The number of likely N-dealkylation sites (tertiary alicyclic amines) is 1. The van der Waals surface area contributed by atoms with Gasteiger partial charge in [-0.05, 0) is 31.9 Å². The first-order valence-corrected chi connectivity index (χ1v) is 7.57. The van der Waals surface area contributed by atoms with Crippen molar-refractivity contribution in [1.82, 2.24) is 9.80 Å². The summed E-state index contributed by atoms with van der Waals surface area (Å²) in [6, 6.07) is 8.06. The first-order chi connectivity index (χ1) is 10.6. The van der Waals surface area contributed by atoms with E-state index in [-0.39, 0.29) is 18.4 Å². The van der Waals surface area contributed by atoms with Crippen LogP contribution in [0.1, 0.15) is 19.8 Å². The van der Waals surface area contributed by atoms with Crippen molar-refractivity contribution in [2.24, 2.45) is 0 Å². The monoisotopic (exact) mass is 301 g/mol. The second-order valence-electron chi connectivity index (χ2n) is 5.68. The molecule has 1 atom stereocenters. The number of para-hydroxylation sites is 1. The average Bonchev–Trinajstić information content (AvgIpc) is 3.13. The number of carbonyl (C=O) groups is 3. The number of hydrogen-bond acceptors (Lipinski definition) is 3. The highest BCUT2D eigenvalue weighted by molar-refractivity contribution is 6.15. The Bertz CT molecular complexity index is 596. The standard InChI is InChI=1S/C16H19N3O3/c1-12-15(21)18(11-14(20)17-9-5-6-10-17)16(22)19(12)13-7-3-2-4-8-13/h2-4,7-8,12H,5-6,9-11H2,1H3/t12-/m0/s1. The molecule has 0 aliphatic carbocycles. The molecule has 0 bridgehead atoms. The molecule has 116 valence electrons. The molecule has 0 unspecified atom stereocenters. The zero-order valence-corrected chi connectivity index (χ0v) is 12.6. The summed E-state index contributed by atoms with van der Waals surface area (Å²) in [7, 11) is 0. The van der Waals surface area contributed by atoms with E-state index in [1.54, 1.807) is 24.0 Å². The maximum absolute atomic E-state index is 12.5. The number of carbonyl (C=O) groups excluding carboxylic acids is 3. The summed E-state index contributed by atoms with van der Waals surface area (Å²) in [5, 5.41) is 0. The van der Waals surface area contributed by atoms with E-state index in [4.69, 9.17) is 0 Å². The molecule has 0 radical (unpaired) electrons. The first kappa shape index (κ1) is 14.6. The average molecular weight is 301 g/mol. The van der Waals surface area contributed by atoms with Crippen molar-refractivity contribution >= 4 is 23.5 Å². The van der Waals surface area contributed by atoms with E-state index in [0.29, 0.717) is 18.8 Å². The van der Waals surface area contributed by atoms with Gasteiger partial charge in [0.1, 0.15) is 12.6 Å². The van der Waals surface area contributed by atoms with Crippen LogP contribution in [0.2, 0.25) is 0 Å². The predicted molar refractivity (Wildman–Crippen MR) is 81.3 cm³/mol. The second kappa shape index (κ2) is 5.79. The van der Waals surface area contributed by atoms with Crippen LogP contribution >= 0.6 is 0 Å². The molecular weight excluding hydrogens is 282 g/mol. The topological polar surface area (TPSA) is 60.9 Å².